The fourth-order valence-corrected chi connectivity index (χ4v) is 1.79. The van der Waals surface area contributed by atoms with Crippen molar-refractivity contribution in [2.45, 2.75) is 26.7 Å². The number of carboxylic acid groups (broad SMARTS) is 1. The monoisotopic (exact) mass is 242 g/mol. The Balaban J connectivity index is 3.29. The van der Waals surface area contributed by atoms with E-state index in [4.69, 9.17) is 9.84 Å². The molecule has 0 aromatic heterocycles. The molecule has 0 unspecified atom stereocenters. The van der Waals surface area contributed by atoms with Gasteiger partial charge < -0.3 is 14.9 Å². The van der Waals surface area contributed by atoms with Crippen molar-refractivity contribution in [3.8, 4) is 11.5 Å². The Kier molecular flexibility index (Phi) is 3.93. The summed E-state index contributed by atoms with van der Waals surface area (Å²) < 4.78 is 18.7. The van der Waals surface area contributed by atoms with Crippen LogP contribution in [0.15, 0.2) is 0 Å². The molecule has 1 rings (SSSR count). The zero-order chi connectivity index (χ0) is 13.2. The quantitative estimate of drug-likeness (QED) is 0.849. The van der Waals surface area contributed by atoms with Gasteiger partial charge >= 0.3 is 5.97 Å². The predicted molar refractivity (Wildman–Crippen MR) is 60.0 cm³/mol. The number of halogens is 1. The Morgan fingerprint density at radius 1 is 1.35 bits per heavy atom. The van der Waals surface area contributed by atoms with Gasteiger partial charge in [0.15, 0.2) is 11.5 Å². The van der Waals surface area contributed by atoms with Crippen molar-refractivity contribution in [2.24, 2.45) is 0 Å². The van der Waals surface area contributed by atoms with E-state index in [1.807, 2.05) is 0 Å². The topological polar surface area (TPSA) is 66.8 Å². The lowest BCUT2D eigenvalue weighted by atomic mass is 9.98. The maximum absolute atomic E-state index is 13.8. The van der Waals surface area contributed by atoms with Crippen LogP contribution in [-0.4, -0.2) is 23.3 Å². The molecule has 17 heavy (non-hydrogen) atoms. The molecule has 0 aliphatic rings. The molecule has 5 heteroatoms. The SMILES string of the molecule is COc1c(C)c(F)c(C)c(CCC(=O)O)c1O. The lowest BCUT2D eigenvalue weighted by molar-refractivity contribution is -0.136. The van der Waals surface area contributed by atoms with E-state index >= 15 is 0 Å². The number of phenolic OH excluding ortho intramolecular Hbond substituents is 1. The van der Waals surface area contributed by atoms with Crippen LogP contribution < -0.4 is 4.74 Å². The minimum atomic E-state index is -0.997. The molecule has 4 nitrogen and oxygen atoms in total. The molecular weight excluding hydrogens is 227 g/mol. The summed E-state index contributed by atoms with van der Waals surface area (Å²) in [4.78, 5) is 10.5. The van der Waals surface area contributed by atoms with Crippen molar-refractivity contribution in [2.75, 3.05) is 7.11 Å². The van der Waals surface area contributed by atoms with Crippen molar-refractivity contribution >= 4 is 5.97 Å². The number of aromatic hydroxyl groups is 1. The van der Waals surface area contributed by atoms with Gasteiger partial charge in [-0.1, -0.05) is 0 Å². The molecule has 0 amide bonds. The Morgan fingerprint density at radius 3 is 2.41 bits per heavy atom. The van der Waals surface area contributed by atoms with Gasteiger partial charge in [-0.05, 0) is 25.8 Å². The van der Waals surface area contributed by atoms with Gasteiger partial charge in [-0.25, -0.2) is 4.39 Å². The average molecular weight is 242 g/mol. The van der Waals surface area contributed by atoms with Crippen molar-refractivity contribution in [3.05, 3.63) is 22.5 Å². The molecule has 2 N–H and O–H groups in total. The van der Waals surface area contributed by atoms with Crippen LogP contribution in [0, 0.1) is 19.7 Å². The molecular formula is C12H15FO4. The molecule has 0 bridgehead atoms. The van der Waals surface area contributed by atoms with Gasteiger partial charge in [-0.15, -0.1) is 0 Å². The number of carboxylic acids is 1. The van der Waals surface area contributed by atoms with Gasteiger partial charge in [-0.2, -0.15) is 0 Å². The van der Waals surface area contributed by atoms with E-state index < -0.39 is 11.8 Å². The zero-order valence-electron chi connectivity index (χ0n) is 10.0. The van der Waals surface area contributed by atoms with Gasteiger partial charge in [0.1, 0.15) is 5.82 Å². The number of ether oxygens (including phenoxy) is 1. The van der Waals surface area contributed by atoms with E-state index in [1.165, 1.54) is 21.0 Å². The van der Waals surface area contributed by atoms with Crippen molar-refractivity contribution in [1.82, 2.24) is 0 Å². The number of phenols is 1. The summed E-state index contributed by atoms with van der Waals surface area (Å²) in [5.74, 6) is -1.58. The van der Waals surface area contributed by atoms with E-state index in [9.17, 15) is 14.3 Å². The van der Waals surface area contributed by atoms with E-state index in [2.05, 4.69) is 0 Å². The van der Waals surface area contributed by atoms with Crippen LogP contribution in [-0.2, 0) is 11.2 Å². The van der Waals surface area contributed by atoms with E-state index in [0.29, 0.717) is 0 Å². The molecule has 0 radical (unpaired) electrons. The first-order valence-electron chi connectivity index (χ1n) is 5.16. The molecule has 94 valence electrons. The summed E-state index contributed by atoms with van der Waals surface area (Å²) in [5.41, 5.74) is 0.774. The molecule has 1 aromatic carbocycles. The molecule has 0 aliphatic carbocycles. The largest absolute Gasteiger partial charge is 0.504 e. The first-order valence-corrected chi connectivity index (χ1v) is 5.16. The van der Waals surface area contributed by atoms with Crippen LogP contribution in [0.2, 0.25) is 0 Å². The maximum atomic E-state index is 13.8. The van der Waals surface area contributed by atoms with Gasteiger partial charge in [-0.3, -0.25) is 4.79 Å². The summed E-state index contributed by atoms with van der Waals surface area (Å²) in [7, 11) is 1.33. The second-order valence-electron chi connectivity index (χ2n) is 3.82. The highest BCUT2D eigenvalue weighted by atomic mass is 19.1. The Labute approximate surface area is 98.7 Å². The lowest BCUT2D eigenvalue weighted by Gasteiger charge is -2.15. The summed E-state index contributed by atoms with van der Waals surface area (Å²) in [6.45, 7) is 3.01. The average Bonchev–Trinajstić information content (AvgIpc) is 2.26. The highest BCUT2D eigenvalue weighted by Gasteiger charge is 2.20. The molecule has 0 aliphatic heterocycles. The first kappa shape index (κ1) is 13.3. The van der Waals surface area contributed by atoms with Gasteiger partial charge in [0.2, 0.25) is 0 Å². The first-order chi connectivity index (χ1) is 7.90. The highest BCUT2D eigenvalue weighted by molar-refractivity contribution is 5.68. The zero-order valence-corrected chi connectivity index (χ0v) is 10.0. The third-order valence-electron chi connectivity index (χ3n) is 2.75. The van der Waals surface area contributed by atoms with Crippen LogP contribution in [0.4, 0.5) is 4.39 Å². The molecule has 1 aromatic rings. The van der Waals surface area contributed by atoms with Gasteiger partial charge in [0.25, 0.3) is 0 Å². The second-order valence-corrected chi connectivity index (χ2v) is 3.82. The van der Waals surface area contributed by atoms with E-state index in [-0.39, 0.29) is 41.0 Å². The van der Waals surface area contributed by atoms with Crippen LogP contribution >= 0.6 is 0 Å². The highest BCUT2D eigenvalue weighted by Crippen LogP contribution is 2.38. The summed E-state index contributed by atoms with van der Waals surface area (Å²) in [6, 6.07) is 0. The van der Waals surface area contributed by atoms with Crippen molar-refractivity contribution < 1.29 is 24.1 Å². The minimum absolute atomic E-state index is 0.0634. The molecule has 0 saturated carbocycles. The fourth-order valence-electron chi connectivity index (χ4n) is 1.79. The second kappa shape index (κ2) is 5.03. The third kappa shape index (κ3) is 2.49. The van der Waals surface area contributed by atoms with Crippen LogP contribution in [0.5, 0.6) is 11.5 Å². The minimum Gasteiger partial charge on any atom is -0.504 e. The number of benzene rings is 1. The molecule has 0 spiro atoms. The summed E-state index contributed by atoms with van der Waals surface area (Å²) in [5, 5.41) is 18.5. The normalized spacial score (nSPS) is 10.4. The summed E-state index contributed by atoms with van der Waals surface area (Å²) in [6.07, 6.45) is -0.0966. The Hall–Kier alpha value is -1.78. The number of carbonyl (C=O) groups is 1. The van der Waals surface area contributed by atoms with E-state index in [0.717, 1.165) is 0 Å². The van der Waals surface area contributed by atoms with E-state index in [1.54, 1.807) is 0 Å². The van der Waals surface area contributed by atoms with Crippen molar-refractivity contribution in [3.63, 3.8) is 0 Å². The number of aliphatic carboxylic acids is 1. The number of hydrogen-bond acceptors (Lipinski definition) is 3. The fraction of sp³-hybridized carbons (Fsp3) is 0.417. The van der Waals surface area contributed by atoms with Crippen LogP contribution in [0.1, 0.15) is 23.1 Å². The standard InChI is InChI=1S/C12H15FO4/c1-6-8(4-5-9(14)15)11(16)12(17-3)7(2)10(6)13/h16H,4-5H2,1-3H3,(H,14,15). The Bertz CT molecular complexity index is 455. The maximum Gasteiger partial charge on any atom is 0.303 e. The number of methoxy groups -OCH3 is 1. The molecule has 0 saturated heterocycles. The smallest absolute Gasteiger partial charge is 0.303 e. The van der Waals surface area contributed by atoms with Crippen LogP contribution in [0.25, 0.3) is 0 Å². The number of rotatable bonds is 4. The summed E-state index contributed by atoms with van der Waals surface area (Å²) >= 11 is 0. The Morgan fingerprint density at radius 2 is 1.94 bits per heavy atom. The van der Waals surface area contributed by atoms with Gasteiger partial charge in [0.05, 0.1) is 7.11 Å². The predicted octanol–water partition coefficient (Wildman–Crippen LogP) is 2.17. The van der Waals surface area contributed by atoms with Crippen molar-refractivity contribution in [1.29, 1.82) is 0 Å². The third-order valence-corrected chi connectivity index (χ3v) is 2.75. The van der Waals surface area contributed by atoms with Crippen LogP contribution in [0.3, 0.4) is 0 Å². The van der Waals surface area contributed by atoms with Gasteiger partial charge in [0, 0.05) is 17.5 Å². The lowest BCUT2D eigenvalue weighted by Crippen LogP contribution is -2.04. The molecule has 0 fully saturated rings. The molecule has 0 atom stereocenters. The molecule has 0 heterocycles. The number of hydrogen-bond donors (Lipinski definition) is 2.